The minimum Gasteiger partial charge on any atom is -0.177 e. The molecule has 1 aromatic heterocycles. The van der Waals surface area contributed by atoms with Crippen LogP contribution in [0, 0.1) is 0 Å². The quantitative estimate of drug-likeness (QED) is 0.705. The van der Waals surface area contributed by atoms with Crippen molar-refractivity contribution < 1.29 is 0 Å². The van der Waals surface area contributed by atoms with Crippen molar-refractivity contribution in [2.24, 2.45) is 0 Å². The third-order valence-corrected chi connectivity index (χ3v) is 2.50. The molecule has 72 valence electrons. The van der Waals surface area contributed by atoms with Crippen LogP contribution in [0.15, 0.2) is 35.7 Å². The van der Waals surface area contributed by atoms with Gasteiger partial charge in [-0.15, -0.1) is 19.4 Å². The highest BCUT2D eigenvalue weighted by Crippen LogP contribution is 2.28. The summed E-state index contributed by atoms with van der Waals surface area (Å²) in [6, 6.07) is 0. The Balaban J connectivity index is 2.46. The average Bonchev–Trinajstić information content (AvgIpc) is 2.61. The molecule has 0 saturated heterocycles. The summed E-state index contributed by atoms with van der Waals surface area (Å²) in [6.45, 7) is 2.05. The van der Waals surface area contributed by atoms with Crippen LogP contribution < -0.4 is 0 Å². The first-order chi connectivity index (χ1) is 6.71. The molecule has 1 aromatic rings. The van der Waals surface area contributed by atoms with Crippen molar-refractivity contribution in [3.8, 4) is 0 Å². The van der Waals surface area contributed by atoms with Crippen LogP contribution in [0.25, 0.3) is 0 Å². The van der Waals surface area contributed by atoms with Gasteiger partial charge in [-0.05, 0) is 12.2 Å². The summed E-state index contributed by atoms with van der Waals surface area (Å²) in [5.74, 6) is 0.678. The van der Waals surface area contributed by atoms with Crippen molar-refractivity contribution in [2.45, 2.75) is 12.3 Å². The first kappa shape index (κ1) is 9.28. The van der Waals surface area contributed by atoms with E-state index >= 15 is 0 Å². The van der Waals surface area contributed by atoms with Gasteiger partial charge in [-0.25, -0.2) is 0 Å². The molecule has 1 aliphatic rings. The lowest BCUT2D eigenvalue weighted by Crippen LogP contribution is -2.17. The van der Waals surface area contributed by atoms with E-state index < -0.39 is 0 Å². The Bertz CT molecular complexity index is 404. The van der Waals surface area contributed by atoms with E-state index in [-0.39, 0.29) is 5.41 Å². The summed E-state index contributed by atoms with van der Waals surface area (Å²) in [7, 11) is 2.68. The molecule has 2 unspecified atom stereocenters. The van der Waals surface area contributed by atoms with Crippen LogP contribution in [0.1, 0.15) is 12.7 Å². The summed E-state index contributed by atoms with van der Waals surface area (Å²) in [5.41, 5.74) is -0.284. The van der Waals surface area contributed by atoms with Gasteiger partial charge in [-0.3, -0.25) is 0 Å². The highest BCUT2D eigenvalue weighted by molar-refractivity contribution is 7.22. The number of tetrazole rings is 1. The monoisotopic (exact) mass is 206 g/mol. The van der Waals surface area contributed by atoms with Gasteiger partial charge in [0.15, 0.2) is 5.82 Å². The molecule has 0 spiro atoms. The summed E-state index contributed by atoms with van der Waals surface area (Å²) in [4.78, 5) is 0. The van der Waals surface area contributed by atoms with E-state index in [1.165, 1.54) is 0 Å². The van der Waals surface area contributed by atoms with Crippen molar-refractivity contribution in [1.29, 1.82) is 0 Å². The number of allylic oxidation sites excluding steroid dienone is 6. The first-order valence-electron chi connectivity index (χ1n) is 4.29. The van der Waals surface area contributed by atoms with E-state index in [0.29, 0.717) is 5.82 Å². The van der Waals surface area contributed by atoms with Crippen LogP contribution >= 0.6 is 9.24 Å². The van der Waals surface area contributed by atoms with Gasteiger partial charge >= 0.3 is 0 Å². The molecule has 0 fully saturated rings. The van der Waals surface area contributed by atoms with Gasteiger partial charge in [0.25, 0.3) is 0 Å². The zero-order valence-corrected chi connectivity index (χ0v) is 8.96. The molecule has 0 aromatic carbocycles. The predicted octanol–water partition coefficient (Wildman–Crippen LogP) is 1.34. The van der Waals surface area contributed by atoms with Gasteiger partial charge in [0, 0.05) is 0 Å². The predicted molar refractivity (Wildman–Crippen MR) is 57.6 cm³/mol. The van der Waals surface area contributed by atoms with Crippen LogP contribution in [-0.2, 0) is 5.41 Å². The Kier molecular flexibility index (Phi) is 2.30. The molecule has 0 aliphatic heterocycles. The third kappa shape index (κ3) is 1.66. The molecule has 0 radical (unpaired) electrons. The molecule has 5 heteroatoms. The van der Waals surface area contributed by atoms with E-state index in [2.05, 4.69) is 35.9 Å². The van der Waals surface area contributed by atoms with Crippen LogP contribution in [0.2, 0.25) is 0 Å². The average molecular weight is 206 g/mol. The van der Waals surface area contributed by atoms with Gasteiger partial charge in [0.1, 0.15) is 0 Å². The van der Waals surface area contributed by atoms with Gasteiger partial charge in [0.2, 0.25) is 0 Å². The Morgan fingerprint density at radius 2 is 2.29 bits per heavy atom. The van der Waals surface area contributed by atoms with Crippen LogP contribution in [0.3, 0.4) is 0 Å². The number of aromatic amines is 1. The molecule has 14 heavy (non-hydrogen) atoms. The Morgan fingerprint density at radius 3 is 3.00 bits per heavy atom. The van der Waals surface area contributed by atoms with Crippen LogP contribution in [0.4, 0.5) is 0 Å². The lowest BCUT2D eigenvalue weighted by atomic mass is 9.89. The van der Waals surface area contributed by atoms with Crippen molar-refractivity contribution >= 4 is 9.24 Å². The fraction of sp³-hybridized carbons (Fsp3) is 0.222. The number of nitrogens with one attached hydrogen (secondary N) is 1. The van der Waals surface area contributed by atoms with Crippen molar-refractivity contribution in [1.82, 2.24) is 20.6 Å². The Hall–Kier alpha value is -1.28. The second kappa shape index (κ2) is 3.46. The molecule has 1 heterocycles. The molecule has 1 N–H and O–H groups in total. The molecule has 0 amide bonds. The number of hydrogen-bond acceptors (Lipinski definition) is 3. The lowest BCUT2D eigenvalue weighted by molar-refractivity contribution is 0.688. The number of H-pyrrole nitrogens is 1. The van der Waals surface area contributed by atoms with Crippen LogP contribution in [-0.4, -0.2) is 20.6 Å². The third-order valence-electron chi connectivity index (χ3n) is 2.14. The van der Waals surface area contributed by atoms with E-state index in [9.17, 15) is 0 Å². The van der Waals surface area contributed by atoms with Crippen molar-refractivity contribution in [3.05, 3.63) is 41.5 Å². The number of nitrogens with zero attached hydrogens (tertiary/aromatic N) is 3. The second-order valence-electron chi connectivity index (χ2n) is 3.38. The normalized spacial score (nSPS) is 26.0. The summed E-state index contributed by atoms with van der Waals surface area (Å²) in [5, 5.41) is 15.2. The molecule has 1 aliphatic carbocycles. The van der Waals surface area contributed by atoms with Gasteiger partial charge in [-0.2, -0.15) is 5.21 Å². The van der Waals surface area contributed by atoms with Gasteiger partial charge < -0.3 is 0 Å². The minimum absolute atomic E-state index is 0.284. The summed E-state index contributed by atoms with van der Waals surface area (Å²) in [6.07, 6.45) is 10.1. The fourth-order valence-corrected chi connectivity index (χ4v) is 1.85. The second-order valence-corrected chi connectivity index (χ2v) is 4.05. The van der Waals surface area contributed by atoms with E-state index in [4.69, 9.17) is 0 Å². The van der Waals surface area contributed by atoms with E-state index in [1.807, 2.05) is 31.2 Å². The molecular formula is C9H11N4P. The molecule has 0 saturated carbocycles. The maximum atomic E-state index is 4.01. The smallest absolute Gasteiger partial charge is 0.177 e. The standard InChI is InChI=1S/C9H11N4P/c1-9(8-10-12-13-11-8)5-3-2-4-7(14)6-9/h2-6H,14H2,1H3,(H,10,11,12,13). The molecular weight excluding hydrogens is 195 g/mol. The number of aromatic nitrogens is 4. The topological polar surface area (TPSA) is 54.5 Å². The maximum absolute atomic E-state index is 4.01. The highest BCUT2D eigenvalue weighted by Gasteiger charge is 2.26. The zero-order valence-electron chi connectivity index (χ0n) is 7.81. The van der Waals surface area contributed by atoms with Gasteiger partial charge in [-0.1, -0.05) is 35.6 Å². The molecule has 2 rings (SSSR count). The van der Waals surface area contributed by atoms with Gasteiger partial charge in [0.05, 0.1) is 5.41 Å². The van der Waals surface area contributed by atoms with Crippen LogP contribution in [0.5, 0.6) is 0 Å². The molecule has 4 nitrogen and oxygen atoms in total. The van der Waals surface area contributed by atoms with E-state index in [0.717, 1.165) is 5.31 Å². The maximum Gasteiger partial charge on any atom is 0.187 e. The Morgan fingerprint density at radius 1 is 1.43 bits per heavy atom. The highest BCUT2D eigenvalue weighted by atomic mass is 31.0. The summed E-state index contributed by atoms with van der Waals surface area (Å²) < 4.78 is 0. The minimum atomic E-state index is -0.284. The summed E-state index contributed by atoms with van der Waals surface area (Å²) >= 11 is 0. The molecule has 0 bridgehead atoms. The lowest BCUT2D eigenvalue weighted by Gasteiger charge is -2.16. The number of hydrogen-bond donors (Lipinski definition) is 1. The SMILES string of the molecule is CC1(c2nn[nH]n2)C=CC=CC(P)=C1. The Labute approximate surface area is 84.4 Å². The van der Waals surface area contributed by atoms with Crippen molar-refractivity contribution in [2.75, 3.05) is 0 Å². The zero-order chi connectivity index (χ0) is 10.0. The first-order valence-corrected chi connectivity index (χ1v) is 4.87. The largest absolute Gasteiger partial charge is 0.187 e. The van der Waals surface area contributed by atoms with Crippen molar-refractivity contribution in [3.63, 3.8) is 0 Å². The fourth-order valence-electron chi connectivity index (χ4n) is 1.39. The number of rotatable bonds is 1. The van der Waals surface area contributed by atoms with E-state index in [1.54, 1.807) is 0 Å². The molecule has 2 atom stereocenters.